The Kier molecular flexibility index (Phi) is 5.61. The van der Waals surface area contributed by atoms with Crippen LogP contribution in [0.4, 0.5) is 5.82 Å². The molecule has 37 heavy (non-hydrogen) atoms. The Morgan fingerprint density at radius 3 is 2.57 bits per heavy atom. The zero-order valence-corrected chi connectivity index (χ0v) is 20.9. The van der Waals surface area contributed by atoms with Crippen molar-refractivity contribution in [2.24, 2.45) is 7.05 Å². The Morgan fingerprint density at radius 2 is 1.92 bits per heavy atom. The molecule has 11 heteroatoms. The fraction of sp³-hybridized carbons (Fsp3) is 0.385. The number of rotatable bonds is 4. The molecule has 1 unspecified atom stereocenters. The highest BCUT2D eigenvalue weighted by molar-refractivity contribution is 5.86. The second kappa shape index (κ2) is 8.97. The zero-order chi connectivity index (χ0) is 25.6. The van der Waals surface area contributed by atoms with E-state index in [1.54, 1.807) is 34.0 Å². The first-order valence-corrected chi connectivity index (χ1v) is 12.5. The highest BCUT2D eigenvalue weighted by atomic mass is 16.2. The zero-order valence-electron chi connectivity index (χ0n) is 20.9. The number of anilines is 1. The first-order chi connectivity index (χ1) is 17.9. The molecule has 2 saturated heterocycles. The second-order valence-electron chi connectivity index (χ2n) is 9.89. The molecule has 0 spiro atoms. The third kappa shape index (κ3) is 4.09. The average Bonchev–Trinajstić information content (AvgIpc) is 3.68. The quantitative estimate of drug-likeness (QED) is 0.455. The van der Waals surface area contributed by atoms with Gasteiger partial charge in [-0.15, -0.1) is 0 Å². The van der Waals surface area contributed by atoms with Crippen LogP contribution in [0.25, 0.3) is 28.0 Å². The van der Waals surface area contributed by atoms with Gasteiger partial charge in [0.05, 0.1) is 35.5 Å². The minimum atomic E-state index is -0.430. The van der Waals surface area contributed by atoms with Gasteiger partial charge in [0.15, 0.2) is 0 Å². The van der Waals surface area contributed by atoms with Crippen molar-refractivity contribution in [3.8, 4) is 28.6 Å². The Balaban J connectivity index is 1.25. The van der Waals surface area contributed by atoms with Crippen LogP contribution in [-0.2, 0) is 11.8 Å². The van der Waals surface area contributed by atoms with Gasteiger partial charge in [0.2, 0.25) is 5.91 Å². The largest absolute Gasteiger partial charge is 0.353 e. The second-order valence-corrected chi connectivity index (χ2v) is 9.89. The monoisotopic (exact) mass is 496 g/mol. The van der Waals surface area contributed by atoms with Gasteiger partial charge in [-0.1, -0.05) is 0 Å². The van der Waals surface area contributed by atoms with Crippen molar-refractivity contribution in [3.05, 3.63) is 48.7 Å². The van der Waals surface area contributed by atoms with E-state index >= 15 is 0 Å². The van der Waals surface area contributed by atoms with E-state index in [-0.39, 0.29) is 5.91 Å². The van der Waals surface area contributed by atoms with E-state index in [4.69, 9.17) is 9.97 Å². The van der Waals surface area contributed by atoms with Crippen LogP contribution in [0.15, 0.2) is 43.1 Å². The van der Waals surface area contributed by atoms with Gasteiger partial charge in [-0.25, -0.2) is 14.5 Å². The number of amides is 1. The fourth-order valence-corrected chi connectivity index (χ4v) is 5.27. The van der Waals surface area contributed by atoms with E-state index < -0.39 is 5.54 Å². The van der Waals surface area contributed by atoms with E-state index in [1.165, 1.54) is 0 Å². The summed E-state index contributed by atoms with van der Waals surface area (Å²) in [5, 5.41) is 21.6. The summed E-state index contributed by atoms with van der Waals surface area (Å²) in [5.41, 5.74) is 3.67. The lowest BCUT2D eigenvalue weighted by Crippen LogP contribution is -2.58. The van der Waals surface area contributed by atoms with Gasteiger partial charge in [0.1, 0.15) is 23.0 Å². The molecule has 4 aromatic heterocycles. The van der Waals surface area contributed by atoms with Gasteiger partial charge in [0.25, 0.3) is 0 Å². The number of aromatic nitrogens is 6. The van der Waals surface area contributed by atoms with E-state index in [0.717, 1.165) is 49.4 Å². The summed E-state index contributed by atoms with van der Waals surface area (Å²) in [4.78, 5) is 26.8. The SMILES string of the molecule is Cn1cc(-c2cn3ncc(C#N)c3c(-c3ccc(N4CCN(C(=O)C5(C)CCCN5)CC4)nc3)n2)cn1. The van der Waals surface area contributed by atoms with Crippen molar-refractivity contribution >= 4 is 17.2 Å². The van der Waals surface area contributed by atoms with Crippen molar-refractivity contribution < 1.29 is 4.79 Å². The highest BCUT2D eigenvalue weighted by Crippen LogP contribution is 2.29. The van der Waals surface area contributed by atoms with Crippen molar-refractivity contribution in [1.29, 1.82) is 5.26 Å². The molecule has 0 bridgehead atoms. The number of nitrogens with zero attached hydrogens (tertiary/aromatic N) is 9. The summed E-state index contributed by atoms with van der Waals surface area (Å²) in [5.74, 6) is 1.06. The molecule has 1 N–H and O–H groups in total. The molecule has 11 nitrogen and oxygen atoms in total. The molecule has 0 radical (unpaired) electrons. The third-order valence-corrected chi connectivity index (χ3v) is 7.37. The molecule has 0 aliphatic carbocycles. The number of pyridine rings is 1. The van der Waals surface area contributed by atoms with Crippen LogP contribution in [0.5, 0.6) is 0 Å². The van der Waals surface area contributed by atoms with E-state index in [1.807, 2.05) is 37.2 Å². The third-order valence-electron chi connectivity index (χ3n) is 7.37. The van der Waals surface area contributed by atoms with Crippen LogP contribution in [0.1, 0.15) is 25.3 Å². The summed E-state index contributed by atoms with van der Waals surface area (Å²) in [6, 6.07) is 6.17. The van der Waals surface area contributed by atoms with Crippen molar-refractivity contribution in [1.82, 2.24) is 39.6 Å². The highest BCUT2D eigenvalue weighted by Gasteiger charge is 2.39. The summed E-state index contributed by atoms with van der Waals surface area (Å²) in [7, 11) is 1.86. The van der Waals surface area contributed by atoms with Gasteiger partial charge >= 0.3 is 0 Å². The first-order valence-electron chi connectivity index (χ1n) is 12.5. The van der Waals surface area contributed by atoms with E-state index in [9.17, 15) is 10.1 Å². The summed E-state index contributed by atoms with van der Waals surface area (Å²) >= 11 is 0. The standard InChI is InChI=1S/C26H28N10O/c1-26(6-3-7-29-26)25(37)35-10-8-34(9-11-35)22-5-4-18(13-28-22)23-24-19(12-27)14-31-36(24)17-21(32-23)20-15-30-33(2)16-20/h4-5,13-17,29H,3,6-11H2,1-2H3. The number of aryl methyl sites for hydroxylation is 1. The van der Waals surface area contributed by atoms with Crippen LogP contribution in [0.2, 0.25) is 0 Å². The molecule has 6 rings (SSSR count). The van der Waals surface area contributed by atoms with Crippen LogP contribution in [0.3, 0.4) is 0 Å². The van der Waals surface area contributed by atoms with Gasteiger partial charge in [0, 0.05) is 56.7 Å². The molecule has 1 amide bonds. The predicted molar refractivity (Wildman–Crippen MR) is 138 cm³/mol. The van der Waals surface area contributed by atoms with Crippen LogP contribution in [-0.4, -0.2) is 78.4 Å². The molecular formula is C26H28N10O. The minimum absolute atomic E-state index is 0.200. The van der Waals surface area contributed by atoms with Crippen LogP contribution < -0.4 is 10.2 Å². The number of hydrogen-bond donors (Lipinski definition) is 1. The number of nitrogens with one attached hydrogen (secondary N) is 1. The average molecular weight is 497 g/mol. The summed E-state index contributed by atoms with van der Waals surface area (Å²) < 4.78 is 3.41. The number of nitriles is 1. The Morgan fingerprint density at radius 1 is 1.08 bits per heavy atom. The lowest BCUT2D eigenvalue weighted by atomic mass is 9.98. The Bertz CT molecular complexity index is 1500. The lowest BCUT2D eigenvalue weighted by molar-refractivity contribution is -0.137. The normalized spacial score (nSPS) is 19.9. The molecule has 0 saturated carbocycles. The number of fused-ring (bicyclic) bond motifs is 1. The maximum Gasteiger partial charge on any atom is 0.242 e. The van der Waals surface area contributed by atoms with Crippen molar-refractivity contribution in [2.45, 2.75) is 25.3 Å². The molecule has 2 fully saturated rings. The van der Waals surface area contributed by atoms with Crippen molar-refractivity contribution in [2.75, 3.05) is 37.6 Å². The number of hydrogen-bond acceptors (Lipinski definition) is 8. The molecule has 1 atom stereocenters. The van der Waals surface area contributed by atoms with Crippen molar-refractivity contribution in [3.63, 3.8) is 0 Å². The Labute approximate surface area is 214 Å². The first kappa shape index (κ1) is 23.1. The Hall–Kier alpha value is -4.30. The predicted octanol–water partition coefficient (Wildman–Crippen LogP) is 1.85. The molecule has 0 aromatic carbocycles. The van der Waals surface area contributed by atoms with Gasteiger partial charge in [-0.3, -0.25) is 9.48 Å². The van der Waals surface area contributed by atoms with Gasteiger partial charge in [-0.2, -0.15) is 15.5 Å². The maximum absolute atomic E-state index is 13.0. The summed E-state index contributed by atoms with van der Waals surface area (Å²) in [6.45, 7) is 5.73. The molecule has 188 valence electrons. The van der Waals surface area contributed by atoms with E-state index in [0.29, 0.717) is 35.6 Å². The van der Waals surface area contributed by atoms with Gasteiger partial charge < -0.3 is 15.1 Å². The molecule has 6 heterocycles. The maximum atomic E-state index is 13.0. The van der Waals surface area contributed by atoms with Gasteiger partial charge in [-0.05, 0) is 38.4 Å². The topological polar surface area (TPSA) is 120 Å². The van der Waals surface area contributed by atoms with Crippen LogP contribution >= 0.6 is 0 Å². The summed E-state index contributed by atoms with van der Waals surface area (Å²) in [6.07, 6.45) is 10.7. The number of carbonyl (C=O) groups excluding carboxylic acids is 1. The van der Waals surface area contributed by atoms with Crippen LogP contribution in [0, 0.1) is 11.3 Å². The molecular weight excluding hydrogens is 468 g/mol. The molecule has 2 aliphatic rings. The smallest absolute Gasteiger partial charge is 0.242 e. The number of piperazine rings is 1. The molecule has 4 aromatic rings. The molecule has 2 aliphatic heterocycles. The minimum Gasteiger partial charge on any atom is -0.353 e. The lowest BCUT2D eigenvalue weighted by Gasteiger charge is -2.39. The fourth-order valence-electron chi connectivity index (χ4n) is 5.27. The van der Waals surface area contributed by atoms with E-state index in [2.05, 4.69) is 26.5 Å². The number of carbonyl (C=O) groups is 1.